The molecule has 92 valence electrons. The zero-order chi connectivity index (χ0) is 12.7. The van der Waals surface area contributed by atoms with Gasteiger partial charge in [0.15, 0.2) is 0 Å². The molecule has 16 heavy (non-hydrogen) atoms. The zero-order valence-electron chi connectivity index (χ0n) is 8.53. The summed E-state index contributed by atoms with van der Waals surface area (Å²) in [7, 11) is -4.96. The predicted octanol–water partition coefficient (Wildman–Crippen LogP) is -0.724. The van der Waals surface area contributed by atoms with E-state index < -0.39 is 39.7 Å². The second-order valence-corrected chi connectivity index (χ2v) is 5.58. The molecule has 1 fully saturated rings. The van der Waals surface area contributed by atoms with Crippen molar-refractivity contribution >= 4 is 21.8 Å². The van der Waals surface area contributed by atoms with Crippen LogP contribution in [0.3, 0.4) is 0 Å². The van der Waals surface area contributed by atoms with Crippen molar-refractivity contribution in [2.24, 2.45) is 0 Å². The Balaban J connectivity index is 3.21. The highest BCUT2D eigenvalue weighted by atomic mass is 32.2. The average molecular weight is 256 g/mol. The van der Waals surface area contributed by atoms with E-state index in [9.17, 15) is 26.8 Å². The van der Waals surface area contributed by atoms with Gasteiger partial charge in [0.25, 0.3) is 10.0 Å². The van der Waals surface area contributed by atoms with Crippen molar-refractivity contribution in [3.8, 4) is 0 Å². The number of imide groups is 1. The Kier molecular flexibility index (Phi) is 3.03. The lowest BCUT2D eigenvalue weighted by atomic mass is 10.0. The lowest BCUT2D eigenvalue weighted by Gasteiger charge is -2.38. The summed E-state index contributed by atoms with van der Waals surface area (Å²) in [4.78, 5) is 22.3. The topological polar surface area (TPSA) is 83.6 Å². The molecule has 1 heterocycles. The first kappa shape index (κ1) is 13.0. The van der Waals surface area contributed by atoms with Crippen molar-refractivity contribution in [1.82, 2.24) is 9.62 Å². The molecule has 0 atom stereocenters. The van der Waals surface area contributed by atoms with Crippen molar-refractivity contribution in [2.75, 3.05) is 6.54 Å². The summed E-state index contributed by atoms with van der Waals surface area (Å²) in [6, 6.07) is 0. The number of halogens is 2. The van der Waals surface area contributed by atoms with Crippen LogP contribution in [-0.2, 0) is 19.6 Å². The quantitative estimate of drug-likeness (QED) is 0.661. The summed E-state index contributed by atoms with van der Waals surface area (Å²) in [6.45, 7) is 1.51. The fourth-order valence-electron chi connectivity index (χ4n) is 1.26. The maximum Gasteiger partial charge on any atom is 0.350 e. The van der Waals surface area contributed by atoms with Crippen LogP contribution in [0.2, 0.25) is 0 Å². The number of nitrogens with one attached hydrogen (secondary N) is 1. The number of amides is 2. The summed E-state index contributed by atoms with van der Waals surface area (Å²) < 4.78 is 47.3. The number of hydrogen-bond donors (Lipinski definition) is 1. The Bertz CT molecular complexity index is 432. The molecule has 1 N–H and O–H groups in total. The highest BCUT2D eigenvalue weighted by Gasteiger charge is 2.50. The van der Waals surface area contributed by atoms with Gasteiger partial charge in [-0.1, -0.05) is 0 Å². The van der Waals surface area contributed by atoms with E-state index >= 15 is 0 Å². The third-order valence-corrected chi connectivity index (χ3v) is 3.90. The van der Waals surface area contributed by atoms with E-state index in [0.29, 0.717) is 0 Å². The van der Waals surface area contributed by atoms with Gasteiger partial charge in [0.2, 0.25) is 11.8 Å². The van der Waals surface area contributed by atoms with Gasteiger partial charge in [0.1, 0.15) is 5.54 Å². The van der Waals surface area contributed by atoms with E-state index in [4.69, 9.17) is 0 Å². The normalized spacial score (nSPS) is 22.3. The second-order valence-electron chi connectivity index (χ2n) is 3.75. The Morgan fingerprint density at radius 3 is 2.31 bits per heavy atom. The molecule has 1 aliphatic heterocycles. The van der Waals surface area contributed by atoms with Gasteiger partial charge in [-0.15, -0.1) is 0 Å². The van der Waals surface area contributed by atoms with E-state index in [1.807, 2.05) is 5.32 Å². The molecule has 0 bridgehead atoms. The highest BCUT2D eigenvalue weighted by Crippen LogP contribution is 2.25. The van der Waals surface area contributed by atoms with E-state index in [2.05, 4.69) is 0 Å². The molecular formula is C7H10F2N2O4S. The molecule has 0 aliphatic carbocycles. The van der Waals surface area contributed by atoms with Crippen LogP contribution < -0.4 is 5.32 Å². The summed E-state index contributed by atoms with van der Waals surface area (Å²) >= 11 is 0. The molecule has 1 rings (SSSR count). The zero-order valence-corrected chi connectivity index (χ0v) is 9.35. The van der Waals surface area contributed by atoms with Crippen LogP contribution in [0.4, 0.5) is 8.78 Å². The van der Waals surface area contributed by atoms with Gasteiger partial charge in [0.05, 0.1) is 6.54 Å². The minimum Gasteiger partial charge on any atom is -0.294 e. The lowest BCUT2D eigenvalue weighted by molar-refractivity contribution is -0.141. The number of hydrogen-bond acceptors (Lipinski definition) is 4. The smallest absolute Gasteiger partial charge is 0.294 e. The summed E-state index contributed by atoms with van der Waals surface area (Å²) in [5.74, 6) is -5.51. The number of sulfonamides is 1. The molecule has 0 spiro atoms. The molecule has 0 unspecified atom stereocenters. The van der Waals surface area contributed by atoms with Crippen LogP contribution in [-0.4, -0.2) is 42.4 Å². The Morgan fingerprint density at radius 2 is 1.88 bits per heavy atom. The van der Waals surface area contributed by atoms with Gasteiger partial charge >= 0.3 is 5.76 Å². The second kappa shape index (κ2) is 3.74. The SMILES string of the molecule is CC1(C)C(=O)NC(=O)CN1S(=O)(=O)C(F)F. The molecule has 0 aromatic heterocycles. The first-order valence-electron chi connectivity index (χ1n) is 4.24. The average Bonchev–Trinajstić information content (AvgIpc) is 2.11. The van der Waals surface area contributed by atoms with Crippen molar-refractivity contribution in [3.63, 3.8) is 0 Å². The van der Waals surface area contributed by atoms with Crippen LogP contribution in [0, 0.1) is 0 Å². The minimum absolute atomic E-state index is 0.214. The molecular weight excluding hydrogens is 246 g/mol. The molecule has 1 saturated heterocycles. The van der Waals surface area contributed by atoms with E-state index in [1.54, 1.807) is 0 Å². The first-order valence-corrected chi connectivity index (χ1v) is 5.74. The first-order chi connectivity index (χ1) is 7.10. The van der Waals surface area contributed by atoms with E-state index in [0.717, 1.165) is 13.8 Å². The van der Waals surface area contributed by atoms with Crippen LogP contribution in [0.25, 0.3) is 0 Å². The molecule has 2 amide bonds. The van der Waals surface area contributed by atoms with Crippen molar-refractivity contribution in [3.05, 3.63) is 0 Å². The molecule has 6 nitrogen and oxygen atoms in total. The van der Waals surface area contributed by atoms with Gasteiger partial charge in [0, 0.05) is 0 Å². The fourth-order valence-corrected chi connectivity index (χ4v) is 2.47. The molecule has 0 aromatic carbocycles. The molecule has 0 saturated carbocycles. The fraction of sp³-hybridized carbons (Fsp3) is 0.714. The number of carbonyl (C=O) groups excluding carboxylic acids is 2. The van der Waals surface area contributed by atoms with Crippen molar-refractivity contribution < 1.29 is 26.8 Å². The maximum absolute atomic E-state index is 12.3. The third kappa shape index (κ3) is 1.92. The molecule has 1 aliphatic rings. The van der Waals surface area contributed by atoms with Crippen molar-refractivity contribution in [1.29, 1.82) is 0 Å². The van der Waals surface area contributed by atoms with Crippen molar-refractivity contribution in [2.45, 2.75) is 25.1 Å². The van der Waals surface area contributed by atoms with E-state index in [-0.39, 0.29) is 4.31 Å². The Morgan fingerprint density at radius 1 is 1.38 bits per heavy atom. The molecule has 0 radical (unpaired) electrons. The van der Waals surface area contributed by atoms with Crippen LogP contribution in [0.1, 0.15) is 13.8 Å². The highest BCUT2D eigenvalue weighted by molar-refractivity contribution is 7.89. The monoisotopic (exact) mass is 256 g/mol. The maximum atomic E-state index is 12.3. The van der Waals surface area contributed by atoms with Crippen LogP contribution in [0.15, 0.2) is 0 Å². The number of piperazine rings is 1. The lowest BCUT2D eigenvalue weighted by Crippen LogP contribution is -2.66. The van der Waals surface area contributed by atoms with Gasteiger partial charge in [-0.25, -0.2) is 8.42 Å². The van der Waals surface area contributed by atoms with Gasteiger partial charge in [-0.3, -0.25) is 14.9 Å². The van der Waals surface area contributed by atoms with Crippen LogP contribution >= 0.6 is 0 Å². The molecule has 9 heteroatoms. The predicted molar refractivity (Wildman–Crippen MR) is 48.9 cm³/mol. The number of carbonyl (C=O) groups is 2. The van der Waals surface area contributed by atoms with Gasteiger partial charge in [-0.2, -0.15) is 13.1 Å². The van der Waals surface area contributed by atoms with E-state index in [1.165, 1.54) is 0 Å². The number of rotatable bonds is 2. The molecule has 0 aromatic rings. The largest absolute Gasteiger partial charge is 0.350 e. The van der Waals surface area contributed by atoms with Crippen LogP contribution in [0.5, 0.6) is 0 Å². The third-order valence-electron chi connectivity index (χ3n) is 2.25. The number of nitrogens with zero attached hydrogens (tertiary/aromatic N) is 1. The van der Waals surface area contributed by atoms with Gasteiger partial charge in [-0.05, 0) is 13.8 Å². The standard InChI is InChI=1S/C7H10F2N2O4S/c1-7(2)5(13)10-4(12)3-11(7)16(14,15)6(8)9/h6H,3H2,1-2H3,(H,10,12,13). The Labute approximate surface area is 90.6 Å². The van der Waals surface area contributed by atoms with Gasteiger partial charge < -0.3 is 0 Å². The number of alkyl halides is 2. The summed E-state index contributed by atoms with van der Waals surface area (Å²) in [5, 5.41) is 1.88. The summed E-state index contributed by atoms with van der Waals surface area (Å²) in [5.41, 5.74) is -1.71. The Hall–Kier alpha value is -1.09. The summed E-state index contributed by atoms with van der Waals surface area (Å²) in [6.07, 6.45) is 0. The minimum atomic E-state index is -4.96.